The lowest BCUT2D eigenvalue weighted by atomic mass is 9.97. The summed E-state index contributed by atoms with van der Waals surface area (Å²) in [6.07, 6.45) is 6.96. The van der Waals surface area contributed by atoms with Crippen LogP contribution in [0.4, 0.5) is 5.95 Å². The molecule has 3 heterocycles. The lowest BCUT2D eigenvalue weighted by Crippen LogP contribution is -2.37. The van der Waals surface area contributed by atoms with E-state index in [9.17, 15) is 4.79 Å². The van der Waals surface area contributed by atoms with Crippen molar-refractivity contribution in [3.8, 4) is 5.88 Å². The van der Waals surface area contributed by atoms with E-state index in [1.807, 2.05) is 0 Å². The Morgan fingerprint density at radius 2 is 2.13 bits per heavy atom. The number of piperidine rings is 1. The van der Waals surface area contributed by atoms with Gasteiger partial charge in [-0.2, -0.15) is 4.98 Å². The fourth-order valence-corrected chi connectivity index (χ4v) is 2.88. The van der Waals surface area contributed by atoms with Crippen LogP contribution in [0.25, 0.3) is 0 Å². The van der Waals surface area contributed by atoms with Crippen molar-refractivity contribution in [2.45, 2.75) is 26.3 Å². The summed E-state index contributed by atoms with van der Waals surface area (Å²) < 4.78 is 6.87. The molecule has 0 bridgehead atoms. The van der Waals surface area contributed by atoms with Crippen LogP contribution >= 0.6 is 0 Å². The summed E-state index contributed by atoms with van der Waals surface area (Å²) in [4.78, 5) is 27.0. The van der Waals surface area contributed by atoms with E-state index in [1.54, 1.807) is 43.4 Å². The Morgan fingerprint density at radius 1 is 1.35 bits per heavy atom. The Hall–Kier alpha value is -2.44. The number of hydrogen-bond acceptors (Lipinski definition) is 6. The summed E-state index contributed by atoms with van der Waals surface area (Å²) in [5.74, 6) is 1.75. The third-order valence-electron chi connectivity index (χ3n) is 4.25. The van der Waals surface area contributed by atoms with Gasteiger partial charge >= 0.3 is 0 Å². The number of rotatable bonds is 4. The van der Waals surface area contributed by atoms with Gasteiger partial charge in [0, 0.05) is 43.7 Å². The van der Waals surface area contributed by atoms with Gasteiger partial charge in [-0.25, -0.2) is 9.97 Å². The second-order valence-electron chi connectivity index (χ2n) is 5.86. The molecule has 0 radical (unpaired) electrons. The summed E-state index contributed by atoms with van der Waals surface area (Å²) in [7, 11) is 1.60. The molecular weight excluding hydrogens is 294 g/mol. The van der Waals surface area contributed by atoms with E-state index in [1.165, 1.54) is 0 Å². The van der Waals surface area contributed by atoms with Crippen molar-refractivity contribution in [1.82, 2.24) is 19.5 Å². The van der Waals surface area contributed by atoms with Gasteiger partial charge in [-0.3, -0.25) is 9.36 Å². The zero-order valence-electron chi connectivity index (χ0n) is 13.5. The van der Waals surface area contributed by atoms with Crippen molar-refractivity contribution in [2.24, 2.45) is 5.92 Å². The number of aromatic nitrogens is 4. The first-order chi connectivity index (χ1) is 11.2. The van der Waals surface area contributed by atoms with Crippen LogP contribution in [0.2, 0.25) is 0 Å². The largest absolute Gasteiger partial charge is 0.481 e. The average Bonchev–Trinajstić information content (AvgIpc) is 2.60. The van der Waals surface area contributed by atoms with Gasteiger partial charge < -0.3 is 9.64 Å². The highest BCUT2D eigenvalue weighted by Crippen LogP contribution is 2.22. The van der Waals surface area contributed by atoms with Crippen molar-refractivity contribution in [3.05, 3.63) is 40.7 Å². The summed E-state index contributed by atoms with van der Waals surface area (Å²) in [6, 6.07) is 1.74. The maximum absolute atomic E-state index is 12.1. The minimum absolute atomic E-state index is 0.0542. The van der Waals surface area contributed by atoms with Gasteiger partial charge in [-0.15, -0.1) is 0 Å². The Bertz CT molecular complexity index is 722. The number of nitrogens with zero attached hydrogens (tertiary/aromatic N) is 5. The molecule has 0 unspecified atom stereocenters. The Morgan fingerprint density at radius 3 is 2.87 bits per heavy atom. The van der Waals surface area contributed by atoms with Crippen molar-refractivity contribution in [1.29, 1.82) is 0 Å². The standard InChI is InChI=1S/C16H21N5O2/c1-12-9-17-11-21(15(12)22)10-13-4-7-20(8-5-13)16-18-6-3-14(19-16)23-2/h3,6,9,11,13H,4-5,7-8,10H2,1-2H3. The molecule has 2 aromatic heterocycles. The van der Waals surface area contributed by atoms with Crippen molar-refractivity contribution in [3.63, 3.8) is 0 Å². The molecule has 1 aliphatic rings. The molecule has 7 nitrogen and oxygen atoms in total. The first kappa shape index (κ1) is 15.5. The summed E-state index contributed by atoms with van der Waals surface area (Å²) in [5.41, 5.74) is 0.744. The molecule has 2 aromatic rings. The number of ether oxygens (including phenoxy) is 1. The molecule has 0 spiro atoms. The normalized spacial score (nSPS) is 15.7. The number of hydrogen-bond donors (Lipinski definition) is 0. The Labute approximate surface area is 135 Å². The Balaban J connectivity index is 1.62. The molecule has 0 N–H and O–H groups in total. The fraction of sp³-hybridized carbons (Fsp3) is 0.500. The van der Waals surface area contributed by atoms with Crippen LogP contribution in [-0.4, -0.2) is 39.7 Å². The van der Waals surface area contributed by atoms with Crippen molar-refractivity contribution < 1.29 is 4.74 Å². The van der Waals surface area contributed by atoms with Crippen LogP contribution in [-0.2, 0) is 6.54 Å². The number of aryl methyl sites for hydroxylation is 1. The number of anilines is 1. The summed E-state index contributed by atoms with van der Waals surface area (Å²) >= 11 is 0. The maximum atomic E-state index is 12.1. The molecule has 0 amide bonds. The lowest BCUT2D eigenvalue weighted by Gasteiger charge is -2.32. The summed E-state index contributed by atoms with van der Waals surface area (Å²) in [5, 5.41) is 0. The first-order valence-electron chi connectivity index (χ1n) is 7.80. The zero-order valence-corrected chi connectivity index (χ0v) is 13.5. The molecule has 23 heavy (non-hydrogen) atoms. The van der Waals surface area contributed by atoms with E-state index in [4.69, 9.17) is 4.74 Å². The van der Waals surface area contributed by atoms with Gasteiger partial charge in [-0.05, 0) is 25.7 Å². The van der Waals surface area contributed by atoms with E-state index < -0.39 is 0 Å². The SMILES string of the molecule is COc1ccnc(N2CCC(Cn3cncc(C)c3=O)CC2)n1. The van der Waals surface area contributed by atoms with Gasteiger partial charge in [0.15, 0.2) is 0 Å². The van der Waals surface area contributed by atoms with Crippen LogP contribution < -0.4 is 15.2 Å². The van der Waals surface area contributed by atoms with Crippen molar-refractivity contribution >= 4 is 5.95 Å². The highest BCUT2D eigenvalue weighted by molar-refractivity contribution is 5.32. The molecule has 7 heteroatoms. The molecule has 1 fully saturated rings. The highest BCUT2D eigenvalue weighted by atomic mass is 16.5. The fourth-order valence-electron chi connectivity index (χ4n) is 2.88. The first-order valence-corrected chi connectivity index (χ1v) is 7.80. The molecule has 1 saturated heterocycles. The Kier molecular flexibility index (Phi) is 4.55. The number of methoxy groups -OCH3 is 1. The van der Waals surface area contributed by atoms with Crippen LogP contribution in [0.1, 0.15) is 18.4 Å². The van der Waals surface area contributed by atoms with E-state index in [0.717, 1.165) is 32.5 Å². The van der Waals surface area contributed by atoms with Crippen LogP contribution in [0.3, 0.4) is 0 Å². The minimum atomic E-state index is 0.0542. The van der Waals surface area contributed by atoms with Gasteiger partial charge in [0.05, 0.1) is 13.4 Å². The zero-order chi connectivity index (χ0) is 16.2. The van der Waals surface area contributed by atoms with Gasteiger partial charge in [0.25, 0.3) is 5.56 Å². The molecule has 122 valence electrons. The highest BCUT2D eigenvalue weighted by Gasteiger charge is 2.22. The van der Waals surface area contributed by atoms with E-state index >= 15 is 0 Å². The molecule has 1 aliphatic heterocycles. The quantitative estimate of drug-likeness (QED) is 0.846. The monoisotopic (exact) mass is 315 g/mol. The van der Waals surface area contributed by atoms with Crippen molar-refractivity contribution in [2.75, 3.05) is 25.1 Å². The molecule has 0 saturated carbocycles. The molecule has 0 aromatic carbocycles. The third kappa shape index (κ3) is 3.49. The predicted octanol–water partition coefficient (Wildman–Crippen LogP) is 1.27. The third-order valence-corrected chi connectivity index (χ3v) is 4.25. The second kappa shape index (κ2) is 6.76. The van der Waals surface area contributed by atoms with E-state index in [2.05, 4.69) is 19.9 Å². The van der Waals surface area contributed by atoms with E-state index in [-0.39, 0.29) is 5.56 Å². The van der Waals surface area contributed by atoms with E-state index in [0.29, 0.717) is 23.3 Å². The molecular formula is C16H21N5O2. The molecule has 0 aliphatic carbocycles. The predicted molar refractivity (Wildman–Crippen MR) is 86.8 cm³/mol. The van der Waals surface area contributed by atoms with Crippen LogP contribution in [0.15, 0.2) is 29.6 Å². The van der Waals surface area contributed by atoms with Gasteiger partial charge in [-0.1, -0.05) is 0 Å². The topological polar surface area (TPSA) is 73.1 Å². The van der Waals surface area contributed by atoms with Crippen LogP contribution in [0, 0.1) is 12.8 Å². The average molecular weight is 315 g/mol. The van der Waals surface area contributed by atoms with Gasteiger partial charge in [0.2, 0.25) is 11.8 Å². The molecule has 3 rings (SSSR count). The lowest BCUT2D eigenvalue weighted by molar-refractivity contribution is 0.347. The van der Waals surface area contributed by atoms with Crippen LogP contribution in [0.5, 0.6) is 5.88 Å². The summed E-state index contributed by atoms with van der Waals surface area (Å²) in [6.45, 7) is 4.28. The minimum Gasteiger partial charge on any atom is -0.481 e. The smallest absolute Gasteiger partial charge is 0.256 e. The van der Waals surface area contributed by atoms with Gasteiger partial charge in [0.1, 0.15) is 0 Å². The molecule has 0 atom stereocenters. The second-order valence-corrected chi connectivity index (χ2v) is 5.86. The maximum Gasteiger partial charge on any atom is 0.256 e.